The molecule has 1 aromatic heterocycles. The van der Waals surface area contributed by atoms with Gasteiger partial charge in [-0.15, -0.1) is 0 Å². The van der Waals surface area contributed by atoms with Crippen molar-refractivity contribution in [3.05, 3.63) is 81.8 Å². The van der Waals surface area contributed by atoms with E-state index in [1.165, 1.54) is 0 Å². The Balaban J connectivity index is 1.62. The maximum atomic E-state index is 12.6. The minimum Gasteiger partial charge on any atom is -0.436 e. The molecule has 1 amide bonds. The molecule has 0 unspecified atom stereocenters. The van der Waals surface area contributed by atoms with Gasteiger partial charge in [-0.2, -0.15) is 0 Å². The van der Waals surface area contributed by atoms with Crippen LogP contribution >= 0.6 is 15.9 Å². The highest BCUT2D eigenvalue weighted by molar-refractivity contribution is 9.10. The van der Waals surface area contributed by atoms with Gasteiger partial charge in [-0.1, -0.05) is 39.7 Å². The molecule has 0 aliphatic carbocycles. The summed E-state index contributed by atoms with van der Waals surface area (Å²) < 4.78 is 6.80. The second-order valence-electron chi connectivity index (χ2n) is 6.48. The predicted molar refractivity (Wildman–Crippen MR) is 111 cm³/mol. The van der Waals surface area contributed by atoms with Crippen LogP contribution in [-0.4, -0.2) is 10.9 Å². The molecular formula is C22H17BrN2O2. The first-order valence-corrected chi connectivity index (χ1v) is 9.34. The van der Waals surface area contributed by atoms with E-state index < -0.39 is 0 Å². The molecule has 5 heteroatoms. The van der Waals surface area contributed by atoms with E-state index in [0.717, 1.165) is 21.2 Å². The predicted octanol–water partition coefficient (Wildman–Crippen LogP) is 6.13. The molecule has 0 radical (unpaired) electrons. The van der Waals surface area contributed by atoms with Gasteiger partial charge in [0, 0.05) is 21.3 Å². The number of nitrogens with zero attached hydrogens (tertiary/aromatic N) is 1. The first kappa shape index (κ1) is 17.5. The summed E-state index contributed by atoms with van der Waals surface area (Å²) in [4.78, 5) is 17.1. The number of aryl methyl sites for hydroxylation is 2. The number of aromatic nitrogens is 1. The van der Waals surface area contributed by atoms with Crippen molar-refractivity contribution in [2.75, 3.05) is 5.32 Å². The molecule has 0 saturated heterocycles. The molecule has 0 spiro atoms. The molecule has 4 nitrogen and oxygen atoms in total. The van der Waals surface area contributed by atoms with Gasteiger partial charge < -0.3 is 9.73 Å². The van der Waals surface area contributed by atoms with E-state index in [2.05, 4.69) is 26.2 Å². The van der Waals surface area contributed by atoms with E-state index in [0.29, 0.717) is 28.2 Å². The summed E-state index contributed by atoms with van der Waals surface area (Å²) in [5.74, 6) is 0.409. The minimum atomic E-state index is -0.137. The van der Waals surface area contributed by atoms with Crippen molar-refractivity contribution in [3.8, 4) is 11.5 Å². The fraction of sp³-hybridized carbons (Fsp3) is 0.0909. The van der Waals surface area contributed by atoms with Crippen LogP contribution in [0.25, 0.3) is 22.6 Å². The molecule has 4 rings (SSSR count). The summed E-state index contributed by atoms with van der Waals surface area (Å²) in [5, 5.41) is 2.94. The third-order valence-electron chi connectivity index (χ3n) is 4.34. The Morgan fingerprint density at radius 2 is 1.89 bits per heavy atom. The number of nitrogens with one attached hydrogen (secondary N) is 1. The largest absolute Gasteiger partial charge is 0.436 e. The average Bonchev–Trinajstić information content (AvgIpc) is 3.05. The van der Waals surface area contributed by atoms with Crippen molar-refractivity contribution in [1.82, 2.24) is 4.98 Å². The summed E-state index contributed by atoms with van der Waals surface area (Å²) in [5.41, 5.74) is 5.69. The fourth-order valence-electron chi connectivity index (χ4n) is 3.02. The van der Waals surface area contributed by atoms with Gasteiger partial charge in [-0.05, 0) is 61.9 Å². The van der Waals surface area contributed by atoms with Crippen molar-refractivity contribution in [2.45, 2.75) is 13.8 Å². The van der Waals surface area contributed by atoms with Crippen LogP contribution in [0.2, 0.25) is 0 Å². The van der Waals surface area contributed by atoms with Gasteiger partial charge in [0.1, 0.15) is 5.52 Å². The zero-order chi connectivity index (χ0) is 19.0. The van der Waals surface area contributed by atoms with E-state index in [4.69, 9.17) is 4.42 Å². The Morgan fingerprint density at radius 3 is 2.67 bits per heavy atom. The van der Waals surface area contributed by atoms with E-state index in [1.54, 1.807) is 0 Å². The molecule has 0 aliphatic heterocycles. The van der Waals surface area contributed by atoms with Crippen LogP contribution in [0, 0.1) is 13.8 Å². The number of carbonyl (C=O) groups is 1. The highest BCUT2D eigenvalue weighted by atomic mass is 79.9. The van der Waals surface area contributed by atoms with Crippen LogP contribution < -0.4 is 5.32 Å². The Bertz CT molecular complexity index is 1160. The van der Waals surface area contributed by atoms with Crippen LogP contribution in [0.3, 0.4) is 0 Å². The van der Waals surface area contributed by atoms with Gasteiger partial charge in [0.05, 0.1) is 0 Å². The molecule has 27 heavy (non-hydrogen) atoms. The molecule has 3 aromatic carbocycles. The maximum absolute atomic E-state index is 12.6. The molecule has 134 valence electrons. The molecular weight excluding hydrogens is 404 g/mol. The Kier molecular flexibility index (Phi) is 4.54. The number of hydrogen-bond acceptors (Lipinski definition) is 3. The first-order valence-electron chi connectivity index (χ1n) is 8.55. The molecule has 4 aromatic rings. The van der Waals surface area contributed by atoms with Crippen molar-refractivity contribution >= 4 is 38.6 Å². The van der Waals surface area contributed by atoms with E-state index in [9.17, 15) is 4.79 Å². The number of hydrogen-bond donors (Lipinski definition) is 1. The minimum absolute atomic E-state index is 0.137. The highest BCUT2D eigenvalue weighted by Crippen LogP contribution is 2.28. The van der Waals surface area contributed by atoms with Crippen LogP contribution in [0.15, 0.2) is 69.6 Å². The summed E-state index contributed by atoms with van der Waals surface area (Å²) in [6.45, 7) is 3.95. The van der Waals surface area contributed by atoms with Crippen molar-refractivity contribution < 1.29 is 9.21 Å². The molecule has 1 heterocycles. The van der Waals surface area contributed by atoms with Crippen LogP contribution in [-0.2, 0) is 0 Å². The van der Waals surface area contributed by atoms with Crippen molar-refractivity contribution in [2.24, 2.45) is 0 Å². The number of anilines is 1. The fourth-order valence-corrected chi connectivity index (χ4v) is 3.42. The van der Waals surface area contributed by atoms with Gasteiger partial charge in [0.25, 0.3) is 5.91 Å². The number of rotatable bonds is 3. The Labute approximate surface area is 165 Å². The monoisotopic (exact) mass is 420 g/mol. The number of fused-ring (bicyclic) bond motifs is 1. The third kappa shape index (κ3) is 3.64. The molecule has 0 atom stereocenters. The quantitative estimate of drug-likeness (QED) is 0.433. The van der Waals surface area contributed by atoms with E-state index in [1.807, 2.05) is 74.5 Å². The smallest absolute Gasteiger partial charge is 0.255 e. The topological polar surface area (TPSA) is 55.1 Å². The third-order valence-corrected chi connectivity index (χ3v) is 4.84. The SMILES string of the molecule is Cc1ccc(C(=O)Nc2ccc3oc(-c4cccc(Br)c4)nc3c2)c(C)c1. The second kappa shape index (κ2) is 7.00. The number of benzene rings is 3. The van der Waals surface area contributed by atoms with Crippen molar-refractivity contribution in [3.63, 3.8) is 0 Å². The van der Waals surface area contributed by atoms with E-state index >= 15 is 0 Å². The summed E-state index contributed by atoms with van der Waals surface area (Å²) in [6.07, 6.45) is 0. The average molecular weight is 421 g/mol. The summed E-state index contributed by atoms with van der Waals surface area (Å²) in [7, 11) is 0. The molecule has 0 saturated carbocycles. The second-order valence-corrected chi connectivity index (χ2v) is 7.40. The lowest BCUT2D eigenvalue weighted by molar-refractivity contribution is 0.102. The molecule has 0 bridgehead atoms. The van der Waals surface area contributed by atoms with Gasteiger partial charge in [0.15, 0.2) is 5.58 Å². The molecule has 0 aliphatic rings. The highest BCUT2D eigenvalue weighted by Gasteiger charge is 2.12. The Morgan fingerprint density at radius 1 is 1.04 bits per heavy atom. The number of amides is 1. The number of halogens is 1. The standard InChI is InChI=1S/C22H17BrN2O2/c1-13-6-8-18(14(2)10-13)21(26)24-17-7-9-20-19(12-17)25-22(27-20)15-4-3-5-16(23)11-15/h3-12H,1-2H3,(H,24,26). The lowest BCUT2D eigenvalue weighted by Gasteiger charge is -2.08. The maximum Gasteiger partial charge on any atom is 0.255 e. The first-order chi connectivity index (χ1) is 13.0. The van der Waals surface area contributed by atoms with Gasteiger partial charge in [0.2, 0.25) is 5.89 Å². The van der Waals surface area contributed by atoms with Crippen LogP contribution in [0.5, 0.6) is 0 Å². The zero-order valence-electron chi connectivity index (χ0n) is 14.9. The molecule has 0 fully saturated rings. The molecule has 1 N–H and O–H groups in total. The van der Waals surface area contributed by atoms with Crippen LogP contribution in [0.4, 0.5) is 5.69 Å². The van der Waals surface area contributed by atoms with Gasteiger partial charge >= 0.3 is 0 Å². The van der Waals surface area contributed by atoms with E-state index in [-0.39, 0.29) is 5.91 Å². The lowest BCUT2D eigenvalue weighted by Crippen LogP contribution is -2.13. The van der Waals surface area contributed by atoms with Crippen molar-refractivity contribution in [1.29, 1.82) is 0 Å². The lowest BCUT2D eigenvalue weighted by atomic mass is 10.1. The zero-order valence-corrected chi connectivity index (χ0v) is 16.5. The van der Waals surface area contributed by atoms with Gasteiger partial charge in [-0.25, -0.2) is 4.98 Å². The van der Waals surface area contributed by atoms with Gasteiger partial charge in [-0.3, -0.25) is 4.79 Å². The number of carbonyl (C=O) groups excluding carboxylic acids is 1. The number of oxazole rings is 1. The summed E-state index contributed by atoms with van der Waals surface area (Å²) >= 11 is 3.46. The summed E-state index contributed by atoms with van der Waals surface area (Å²) in [6, 6.07) is 19.0. The Hall–Kier alpha value is -2.92. The normalized spacial score (nSPS) is 10.9. The van der Waals surface area contributed by atoms with Crippen LogP contribution in [0.1, 0.15) is 21.5 Å².